The second-order valence-corrected chi connectivity index (χ2v) is 8.75. The van der Waals surface area contributed by atoms with Crippen LogP contribution in [0.2, 0.25) is 5.02 Å². The summed E-state index contributed by atoms with van der Waals surface area (Å²) in [6.45, 7) is 0.825. The molecule has 140 valence electrons. The Balaban J connectivity index is 1.68. The topological polar surface area (TPSA) is 50.3 Å². The average molecular weight is 405 g/mol. The van der Waals surface area contributed by atoms with Crippen LogP contribution in [0.1, 0.15) is 18.4 Å². The summed E-state index contributed by atoms with van der Waals surface area (Å²) in [4.78, 5) is 5.89. The minimum absolute atomic E-state index is 0.230. The Bertz CT molecular complexity index is 860. The molecule has 0 amide bonds. The fourth-order valence-corrected chi connectivity index (χ4v) is 4.81. The van der Waals surface area contributed by atoms with Gasteiger partial charge in [-0.1, -0.05) is 11.6 Å². The molecule has 0 radical (unpaired) electrons. The molecule has 0 aliphatic carbocycles. The van der Waals surface area contributed by atoms with Gasteiger partial charge in [0.2, 0.25) is 0 Å². The van der Waals surface area contributed by atoms with Gasteiger partial charge in [-0.3, -0.25) is 0 Å². The highest BCUT2D eigenvalue weighted by atomic mass is 35.5. The Morgan fingerprint density at radius 2 is 1.65 bits per heavy atom. The van der Waals surface area contributed by atoms with Crippen molar-refractivity contribution in [2.75, 3.05) is 18.0 Å². The predicted octanol–water partition coefficient (Wildman–Crippen LogP) is 4.20. The standard InChI is InChI=1S/C17H16ClF3N2O2S/c18-13-2-4-14(5-3-13)26(24,25)15-7-9-23(10-8-15)16-6-1-12(11-22-16)17(19,20)21/h1-6,11,15H,7-10H2. The predicted molar refractivity (Wildman–Crippen MR) is 93.1 cm³/mol. The molecule has 0 bridgehead atoms. The largest absolute Gasteiger partial charge is 0.417 e. The van der Waals surface area contributed by atoms with Gasteiger partial charge in [0.05, 0.1) is 15.7 Å². The van der Waals surface area contributed by atoms with E-state index in [4.69, 9.17) is 11.6 Å². The summed E-state index contributed by atoms with van der Waals surface area (Å²) >= 11 is 5.79. The summed E-state index contributed by atoms with van der Waals surface area (Å²) in [6, 6.07) is 8.35. The highest BCUT2D eigenvalue weighted by molar-refractivity contribution is 7.92. The van der Waals surface area contributed by atoms with Crippen LogP contribution in [0.3, 0.4) is 0 Å². The molecular formula is C17H16ClF3N2O2S. The quantitative estimate of drug-likeness (QED) is 0.769. The zero-order valence-corrected chi connectivity index (χ0v) is 15.2. The van der Waals surface area contributed by atoms with Crippen molar-refractivity contribution in [3.63, 3.8) is 0 Å². The molecule has 1 aliphatic rings. The van der Waals surface area contributed by atoms with Gasteiger partial charge in [0.1, 0.15) is 5.82 Å². The van der Waals surface area contributed by atoms with Crippen LogP contribution < -0.4 is 4.90 Å². The third-order valence-corrected chi connectivity index (χ3v) is 6.95. The monoisotopic (exact) mass is 404 g/mol. The van der Waals surface area contributed by atoms with Gasteiger partial charge in [-0.25, -0.2) is 13.4 Å². The van der Waals surface area contributed by atoms with Crippen LogP contribution in [0.5, 0.6) is 0 Å². The molecule has 26 heavy (non-hydrogen) atoms. The Morgan fingerprint density at radius 3 is 2.15 bits per heavy atom. The van der Waals surface area contributed by atoms with Crippen LogP contribution in [0.4, 0.5) is 19.0 Å². The molecule has 1 aliphatic heterocycles. The van der Waals surface area contributed by atoms with E-state index in [2.05, 4.69) is 4.98 Å². The molecule has 0 spiro atoms. The second kappa shape index (κ2) is 7.08. The SMILES string of the molecule is O=S(=O)(c1ccc(Cl)cc1)C1CCN(c2ccc(C(F)(F)F)cn2)CC1. The van der Waals surface area contributed by atoms with E-state index in [0.717, 1.165) is 12.3 Å². The molecule has 2 heterocycles. The zero-order chi connectivity index (χ0) is 18.9. The number of halogens is 4. The third-order valence-electron chi connectivity index (χ3n) is 4.42. The number of benzene rings is 1. The first-order chi connectivity index (χ1) is 12.2. The van der Waals surface area contributed by atoms with E-state index in [1.165, 1.54) is 30.3 Å². The van der Waals surface area contributed by atoms with Crippen LogP contribution in [0.15, 0.2) is 47.5 Å². The molecule has 0 unspecified atom stereocenters. The molecule has 9 heteroatoms. The third kappa shape index (κ3) is 3.96. The number of piperidine rings is 1. The van der Waals surface area contributed by atoms with Crippen molar-refractivity contribution < 1.29 is 21.6 Å². The van der Waals surface area contributed by atoms with Crippen molar-refractivity contribution in [1.82, 2.24) is 4.98 Å². The normalized spacial score (nSPS) is 16.7. The van der Waals surface area contributed by atoms with Gasteiger partial charge in [-0.05, 0) is 49.2 Å². The summed E-state index contributed by atoms with van der Waals surface area (Å²) in [5, 5.41) is -0.0680. The number of aromatic nitrogens is 1. The maximum atomic E-state index is 12.7. The first kappa shape index (κ1) is 19.0. The van der Waals surface area contributed by atoms with Gasteiger partial charge in [0, 0.05) is 24.3 Å². The summed E-state index contributed by atoms with van der Waals surface area (Å²) in [6.07, 6.45) is -2.86. The molecule has 1 fully saturated rings. The molecule has 4 nitrogen and oxygen atoms in total. The minimum Gasteiger partial charge on any atom is -0.357 e. The van der Waals surface area contributed by atoms with Crippen LogP contribution >= 0.6 is 11.6 Å². The lowest BCUT2D eigenvalue weighted by Gasteiger charge is -2.32. The number of alkyl halides is 3. The molecule has 1 aromatic heterocycles. The number of sulfone groups is 1. The van der Waals surface area contributed by atoms with E-state index in [-0.39, 0.29) is 4.90 Å². The van der Waals surface area contributed by atoms with E-state index in [0.29, 0.717) is 36.8 Å². The molecular weight excluding hydrogens is 389 g/mol. The maximum absolute atomic E-state index is 12.7. The van der Waals surface area contributed by atoms with Gasteiger partial charge in [-0.15, -0.1) is 0 Å². The van der Waals surface area contributed by atoms with E-state index >= 15 is 0 Å². The van der Waals surface area contributed by atoms with Crippen LogP contribution in [-0.2, 0) is 16.0 Å². The van der Waals surface area contributed by atoms with E-state index < -0.39 is 26.8 Å². The summed E-state index contributed by atoms with van der Waals surface area (Å²) < 4.78 is 63.2. The van der Waals surface area contributed by atoms with Crippen molar-refractivity contribution >= 4 is 27.3 Å². The fourth-order valence-electron chi connectivity index (χ4n) is 2.95. The maximum Gasteiger partial charge on any atom is 0.417 e. The van der Waals surface area contributed by atoms with Gasteiger partial charge in [0.15, 0.2) is 9.84 Å². The van der Waals surface area contributed by atoms with E-state index in [9.17, 15) is 21.6 Å². The minimum atomic E-state index is -4.43. The highest BCUT2D eigenvalue weighted by Gasteiger charge is 2.33. The molecule has 0 saturated carbocycles. The lowest BCUT2D eigenvalue weighted by Crippen LogP contribution is -2.39. The summed E-state index contributed by atoms with van der Waals surface area (Å²) in [7, 11) is -3.46. The van der Waals surface area contributed by atoms with Gasteiger partial charge in [-0.2, -0.15) is 13.2 Å². The molecule has 1 aromatic carbocycles. The van der Waals surface area contributed by atoms with E-state index in [1.807, 2.05) is 0 Å². The number of hydrogen-bond acceptors (Lipinski definition) is 4. The zero-order valence-electron chi connectivity index (χ0n) is 13.6. The Morgan fingerprint density at radius 1 is 1.04 bits per heavy atom. The number of nitrogens with zero attached hydrogens (tertiary/aromatic N) is 2. The van der Waals surface area contributed by atoms with Crippen molar-refractivity contribution in [2.24, 2.45) is 0 Å². The van der Waals surface area contributed by atoms with Crippen LogP contribution in [0.25, 0.3) is 0 Å². The van der Waals surface area contributed by atoms with Gasteiger partial charge >= 0.3 is 6.18 Å². The van der Waals surface area contributed by atoms with Crippen LogP contribution in [0, 0.1) is 0 Å². The molecule has 0 atom stereocenters. The first-order valence-corrected chi connectivity index (χ1v) is 9.88. The van der Waals surface area contributed by atoms with Gasteiger partial charge < -0.3 is 4.90 Å². The number of anilines is 1. The smallest absolute Gasteiger partial charge is 0.357 e. The molecule has 3 rings (SSSR count). The molecule has 2 aromatic rings. The Hall–Kier alpha value is -1.80. The molecule has 0 N–H and O–H groups in total. The lowest BCUT2D eigenvalue weighted by atomic mass is 10.1. The second-order valence-electron chi connectivity index (χ2n) is 6.09. The van der Waals surface area contributed by atoms with Crippen molar-refractivity contribution in [1.29, 1.82) is 0 Å². The van der Waals surface area contributed by atoms with Crippen molar-refractivity contribution in [3.05, 3.63) is 53.2 Å². The summed E-state index contributed by atoms with van der Waals surface area (Å²) in [5.41, 5.74) is -0.804. The van der Waals surface area contributed by atoms with E-state index in [1.54, 1.807) is 4.90 Å². The highest BCUT2D eigenvalue weighted by Crippen LogP contribution is 2.31. The average Bonchev–Trinajstić information content (AvgIpc) is 2.62. The van der Waals surface area contributed by atoms with Gasteiger partial charge in [0.25, 0.3) is 0 Å². The Kier molecular flexibility index (Phi) is 5.16. The number of hydrogen-bond donors (Lipinski definition) is 0. The molecule has 1 saturated heterocycles. The number of pyridine rings is 1. The van der Waals surface area contributed by atoms with Crippen LogP contribution in [-0.4, -0.2) is 31.7 Å². The lowest BCUT2D eigenvalue weighted by molar-refractivity contribution is -0.137. The Labute approximate surface area is 154 Å². The summed E-state index contributed by atoms with van der Waals surface area (Å²) in [5.74, 6) is 0.417. The van der Waals surface area contributed by atoms with Crippen molar-refractivity contribution in [2.45, 2.75) is 29.2 Å². The van der Waals surface area contributed by atoms with Crippen molar-refractivity contribution in [3.8, 4) is 0 Å². The number of rotatable bonds is 3. The fraction of sp³-hybridized carbons (Fsp3) is 0.353. The first-order valence-electron chi connectivity index (χ1n) is 7.95.